The van der Waals surface area contributed by atoms with Crippen molar-refractivity contribution in [1.29, 1.82) is 0 Å². The summed E-state index contributed by atoms with van der Waals surface area (Å²) in [6.45, 7) is 2.96. The topological polar surface area (TPSA) is 35.2 Å². The van der Waals surface area contributed by atoms with Crippen molar-refractivity contribution in [3.8, 4) is 5.75 Å². The summed E-state index contributed by atoms with van der Waals surface area (Å²) in [5.41, 5.74) is 7.16. The molecule has 0 spiro atoms. The van der Waals surface area contributed by atoms with Crippen molar-refractivity contribution in [3.63, 3.8) is 0 Å². The van der Waals surface area contributed by atoms with Crippen molar-refractivity contribution in [3.05, 3.63) is 29.8 Å². The van der Waals surface area contributed by atoms with Gasteiger partial charge in [0.15, 0.2) is 0 Å². The van der Waals surface area contributed by atoms with E-state index in [4.69, 9.17) is 10.5 Å². The Bertz CT molecular complexity index is 329. The number of rotatable bonds is 6. The van der Waals surface area contributed by atoms with E-state index in [1.165, 1.54) is 31.2 Å². The Balaban J connectivity index is 1.76. The predicted molar refractivity (Wildman–Crippen MR) is 71.1 cm³/mol. The zero-order valence-corrected chi connectivity index (χ0v) is 10.7. The predicted octanol–water partition coefficient (Wildman–Crippen LogP) is 3.67. The lowest BCUT2D eigenvalue weighted by Gasteiger charge is -2.25. The second kappa shape index (κ2) is 6.06. The molecule has 1 aliphatic carbocycles. The zero-order valence-electron chi connectivity index (χ0n) is 10.7. The molecule has 2 heteroatoms. The van der Waals surface area contributed by atoms with Crippen LogP contribution in [-0.2, 0) is 0 Å². The van der Waals surface area contributed by atoms with Gasteiger partial charge in [0.05, 0.1) is 6.61 Å². The van der Waals surface area contributed by atoms with Gasteiger partial charge >= 0.3 is 0 Å². The summed E-state index contributed by atoms with van der Waals surface area (Å²) in [7, 11) is 0. The third-order valence-corrected chi connectivity index (χ3v) is 3.77. The first-order valence-electron chi connectivity index (χ1n) is 6.78. The lowest BCUT2D eigenvalue weighted by atomic mass is 9.83. The lowest BCUT2D eigenvalue weighted by molar-refractivity contribution is 0.222. The molecule has 2 N–H and O–H groups in total. The minimum Gasteiger partial charge on any atom is -0.494 e. The highest BCUT2D eigenvalue weighted by Gasteiger charge is 2.16. The van der Waals surface area contributed by atoms with E-state index in [0.717, 1.165) is 24.7 Å². The summed E-state index contributed by atoms with van der Waals surface area (Å²) < 4.78 is 5.74. The normalized spacial score (nSPS) is 17.5. The van der Waals surface area contributed by atoms with E-state index < -0.39 is 0 Å². The van der Waals surface area contributed by atoms with E-state index in [1.54, 1.807) is 0 Å². The molecule has 1 saturated carbocycles. The molecule has 2 rings (SSSR count). The number of ether oxygens (including phenoxy) is 1. The fourth-order valence-electron chi connectivity index (χ4n) is 2.17. The summed E-state index contributed by atoms with van der Waals surface area (Å²) >= 11 is 0. The molecule has 1 aromatic rings. The molecule has 17 heavy (non-hydrogen) atoms. The lowest BCUT2D eigenvalue weighted by Crippen LogP contribution is -2.14. The highest BCUT2D eigenvalue weighted by atomic mass is 16.5. The summed E-state index contributed by atoms with van der Waals surface area (Å²) in [5.74, 6) is 1.89. The summed E-state index contributed by atoms with van der Waals surface area (Å²) in [6.07, 6.45) is 6.38. The Morgan fingerprint density at radius 3 is 2.53 bits per heavy atom. The minimum absolute atomic E-state index is 0.152. The van der Waals surface area contributed by atoms with Crippen molar-refractivity contribution in [2.24, 2.45) is 11.7 Å². The molecule has 0 heterocycles. The summed E-state index contributed by atoms with van der Waals surface area (Å²) in [6, 6.07) is 8.37. The Morgan fingerprint density at radius 1 is 1.29 bits per heavy atom. The van der Waals surface area contributed by atoms with Gasteiger partial charge in [0.1, 0.15) is 5.75 Å². The second-order valence-electron chi connectivity index (χ2n) is 5.02. The molecular weight excluding hydrogens is 210 g/mol. The third kappa shape index (κ3) is 3.47. The van der Waals surface area contributed by atoms with Crippen LogP contribution in [0.1, 0.15) is 50.6 Å². The molecule has 1 atom stereocenters. The number of hydrogen-bond donors (Lipinski definition) is 1. The van der Waals surface area contributed by atoms with E-state index in [-0.39, 0.29) is 6.04 Å². The standard InChI is InChI=1S/C15H23NO/c1-2-15(16)13-6-8-14(9-7-13)17-11-10-12-4-3-5-12/h6-9,12,15H,2-5,10-11,16H2,1H3/t15-/m1/s1. The van der Waals surface area contributed by atoms with Gasteiger partial charge in [-0.15, -0.1) is 0 Å². The second-order valence-corrected chi connectivity index (χ2v) is 5.02. The van der Waals surface area contributed by atoms with Gasteiger partial charge in [-0.1, -0.05) is 38.3 Å². The van der Waals surface area contributed by atoms with Gasteiger partial charge in [0.25, 0.3) is 0 Å². The van der Waals surface area contributed by atoms with Crippen LogP contribution in [0, 0.1) is 5.92 Å². The largest absolute Gasteiger partial charge is 0.494 e. The first-order chi connectivity index (χ1) is 8.29. The minimum atomic E-state index is 0.152. The van der Waals surface area contributed by atoms with Crippen molar-refractivity contribution in [2.45, 2.75) is 45.1 Å². The van der Waals surface area contributed by atoms with Crippen LogP contribution in [0.25, 0.3) is 0 Å². The molecule has 94 valence electrons. The van der Waals surface area contributed by atoms with Crippen molar-refractivity contribution in [2.75, 3.05) is 6.61 Å². The average molecular weight is 233 g/mol. The molecule has 1 fully saturated rings. The SMILES string of the molecule is CC[C@@H](N)c1ccc(OCCC2CCC2)cc1. The fourth-order valence-corrected chi connectivity index (χ4v) is 2.17. The van der Waals surface area contributed by atoms with Gasteiger partial charge in [0, 0.05) is 6.04 Å². The Morgan fingerprint density at radius 2 is 2.00 bits per heavy atom. The molecule has 0 aliphatic heterocycles. The van der Waals surface area contributed by atoms with E-state index >= 15 is 0 Å². The number of hydrogen-bond acceptors (Lipinski definition) is 2. The van der Waals surface area contributed by atoms with Crippen LogP contribution >= 0.6 is 0 Å². The van der Waals surface area contributed by atoms with Gasteiger partial charge in [-0.2, -0.15) is 0 Å². The monoisotopic (exact) mass is 233 g/mol. The molecule has 0 unspecified atom stereocenters. The zero-order chi connectivity index (χ0) is 12.1. The molecular formula is C15H23NO. The highest BCUT2D eigenvalue weighted by molar-refractivity contribution is 5.28. The van der Waals surface area contributed by atoms with Crippen LogP contribution in [0.15, 0.2) is 24.3 Å². The van der Waals surface area contributed by atoms with Gasteiger partial charge < -0.3 is 10.5 Å². The number of benzene rings is 1. The highest BCUT2D eigenvalue weighted by Crippen LogP contribution is 2.29. The molecule has 2 nitrogen and oxygen atoms in total. The van der Waals surface area contributed by atoms with Gasteiger partial charge in [-0.3, -0.25) is 0 Å². The maximum atomic E-state index is 5.97. The molecule has 0 aromatic heterocycles. The molecule has 0 radical (unpaired) electrons. The van der Waals surface area contributed by atoms with Crippen LogP contribution in [-0.4, -0.2) is 6.61 Å². The van der Waals surface area contributed by atoms with Crippen LogP contribution in [0.5, 0.6) is 5.75 Å². The van der Waals surface area contributed by atoms with E-state index in [9.17, 15) is 0 Å². The Kier molecular flexibility index (Phi) is 4.43. The molecule has 1 aromatic carbocycles. The van der Waals surface area contributed by atoms with E-state index in [0.29, 0.717) is 0 Å². The van der Waals surface area contributed by atoms with Crippen molar-refractivity contribution in [1.82, 2.24) is 0 Å². The first kappa shape index (κ1) is 12.4. The van der Waals surface area contributed by atoms with Gasteiger partial charge in [-0.05, 0) is 36.5 Å². The van der Waals surface area contributed by atoms with Crippen molar-refractivity contribution >= 4 is 0 Å². The van der Waals surface area contributed by atoms with E-state index in [1.807, 2.05) is 12.1 Å². The van der Waals surface area contributed by atoms with Gasteiger partial charge in [-0.25, -0.2) is 0 Å². The van der Waals surface area contributed by atoms with Crippen LogP contribution in [0.2, 0.25) is 0 Å². The first-order valence-corrected chi connectivity index (χ1v) is 6.78. The van der Waals surface area contributed by atoms with E-state index in [2.05, 4.69) is 19.1 Å². The maximum Gasteiger partial charge on any atom is 0.119 e. The smallest absolute Gasteiger partial charge is 0.119 e. The molecule has 0 saturated heterocycles. The van der Waals surface area contributed by atoms with Crippen molar-refractivity contribution < 1.29 is 4.74 Å². The molecule has 1 aliphatic rings. The molecule has 0 bridgehead atoms. The fraction of sp³-hybridized carbons (Fsp3) is 0.600. The average Bonchev–Trinajstić information content (AvgIpc) is 2.32. The quantitative estimate of drug-likeness (QED) is 0.813. The van der Waals surface area contributed by atoms with Crippen LogP contribution in [0.3, 0.4) is 0 Å². The Hall–Kier alpha value is -1.02. The third-order valence-electron chi connectivity index (χ3n) is 3.77. The van der Waals surface area contributed by atoms with Gasteiger partial charge in [0.2, 0.25) is 0 Å². The maximum absolute atomic E-state index is 5.97. The van der Waals surface area contributed by atoms with Crippen LogP contribution in [0.4, 0.5) is 0 Å². The molecule has 0 amide bonds. The Labute approximate surface area is 104 Å². The number of nitrogens with two attached hydrogens (primary N) is 1. The summed E-state index contributed by atoms with van der Waals surface area (Å²) in [5, 5.41) is 0. The van der Waals surface area contributed by atoms with Crippen LogP contribution < -0.4 is 10.5 Å². The summed E-state index contributed by atoms with van der Waals surface area (Å²) in [4.78, 5) is 0.